The van der Waals surface area contributed by atoms with Crippen LogP contribution in [0.1, 0.15) is 31.3 Å². The number of carbonyl (C=O) groups is 2. The van der Waals surface area contributed by atoms with Gasteiger partial charge in [-0.2, -0.15) is 0 Å². The number of nitrogens with two attached hydrogens (primary N) is 1. The Balaban J connectivity index is 2.70. The van der Waals surface area contributed by atoms with Crippen LogP contribution in [0.2, 0.25) is 0 Å². The van der Waals surface area contributed by atoms with E-state index in [2.05, 4.69) is 10.3 Å². The van der Waals surface area contributed by atoms with Crippen molar-refractivity contribution in [1.29, 1.82) is 0 Å². The van der Waals surface area contributed by atoms with E-state index in [1.54, 1.807) is 5.38 Å². The van der Waals surface area contributed by atoms with E-state index in [1.165, 1.54) is 18.3 Å². The van der Waals surface area contributed by atoms with Crippen LogP contribution in [-0.4, -0.2) is 23.2 Å². The van der Waals surface area contributed by atoms with Gasteiger partial charge >= 0.3 is 0 Å². The first-order valence-corrected chi connectivity index (χ1v) is 6.31. The van der Waals surface area contributed by atoms with Gasteiger partial charge in [0.1, 0.15) is 5.69 Å². The Morgan fingerprint density at radius 2 is 2.18 bits per heavy atom. The smallest absolute Gasteiger partial charge is 0.230 e. The van der Waals surface area contributed by atoms with E-state index in [1.807, 2.05) is 13.8 Å². The number of aromatic nitrogens is 1. The Labute approximate surface area is 104 Å². The van der Waals surface area contributed by atoms with Crippen molar-refractivity contribution in [2.75, 3.05) is 11.9 Å². The molecular weight excluding hydrogens is 238 g/mol. The number of amides is 1. The molecule has 0 spiro atoms. The summed E-state index contributed by atoms with van der Waals surface area (Å²) in [5.74, 6) is -0.320. The molecule has 0 saturated heterocycles. The van der Waals surface area contributed by atoms with Crippen molar-refractivity contribution in [3.8, 4) is 0 Å². The minimum Gasteiger partial charge on any atom is -0.330 e. The van der Waals surface area contributed by atoms with Crippen molar-refractivity contribution in [2.45, 2.75) is 20.8 Å². The molecule has 1 atom stereocenters. The van der Waals surface area contributed by atoms with Gasteiger partial charge in [-0.3, -0.25) is 9.59 Å². The van der Waals surface area contributed by atoms with Gasteiger partial charge in [0.2, 0.25) is 5.91 Å². The SMILES string of the molecule is CC(=O)c1csc(NC(=O)C(CN)C(C)C)n1. The Kier molecular flexibility index (Phi) is 4.77. The molecule has 1 aromatic rings. The molecule has 1 unspecified atom stereocenters. The molecule has 0 fully saturated rings. The lowest BCUT2D eigenvalue weighted by Gasteiger charge is -2.16. The predicted octanol–water partition coefficient (Wildman–Crippen LogP) is 1.52. The molecule has 0 aliphatic carbocycles. The molecule has 94 valence electrons. The summed E-state index contributed by atoms with van der Waals surface area (Å²) in [6, 6.07) is 0. The number of carbonyl (C=O) groups excluding carboxylic acids is 2. The quantitative estimate of drug-likeness (QED) is 0.781. The van der Waals surface area contributed by atoms with Crippen molar-refractivity contribution in [3.05, 3.63) is 11.1 Å². The number of anilines is 1. The van der Waals surface area contributed by atoms with Crippen LogP contribution in [0.25, 0.3) is 0 Å². The lowest BCUT2D eigenvalue weighted by Crippen LogP contribution is -2.33. The number of nitrogens with one attached hydrogen (secondary N) is 1. The molecule has 0 saturated carbocycles. The van der Waals surface area contributed by atoms with Crippen LogP contribution < -0.4 is 11.1 Å². The molecule has 0 aliphatic rings. The monoisotopic (exact) mass is 255 g/mol. The summed E-state index contributed by atoms with van der Waals surface area (Å²) in [4.78, 5) is 26.9. The lowest BCUT2D eigenvalue weighted by molar-refractivity contribution is -0.120. The summed E-state index contributed by atoms with van der Waals surface area (Å²) in [6.07, 6.45) is 0. The summed E-state index contributed by atoms with van der Waals surface area (Å²) < 4.78 is 0. The maximum atomic E-state index is 11.9. The second-order valence-corrected chi connectivity index (χ2v) is 5.03. The fourth-order valence-electron chi connectivity index (χ4n) is 1.37. The van der Waals surface area contributed by atoms with Gasteiger partial charge in [-0.25, -0.2) is 4.98 Å². The highest BCUT2D eigenvalue weighted by atomic mass is 32.1. The van der Waals surface area contributed by atoms with Crippen LogP contribution in [0.15, 0.2) is 5.38 Å². The van der Waals surface area contributed by atoms with Crippen LogP contribution in [0.5, 0.6) is 0 Å². The largest absolute Gasteiger partial charge is 0.330 e. The fourth-order valence-corrected chi connectivity index (χ4v) is 2.13. The van der Waals surface area contributed by atoms with Crippen LogP contribution in [0.3, 0.4) is 0 Å². The van der Waals surface area contributed by atoms with Gasteiger partial charge < -0.3 is 11.1 Å². The maximum Gasteiger partial charge on any atom is 0.230 e. The van der Waals surface area contributed by atoms with Crippen molar-refractivity contribution in [3.63, 3.8) is 0 Å². The summed E-state index contributed by atoms with van der Waals surface area (Å²) in [5.41, 5.74) is 5.92. The van der Waals surface area contributed by atoms with Gasteiger partial charge in [-0.1, -0.05) is 13.8 Å². The molecule has 1 amide bonds. The third kappa shape index (κ3) is 3.61. The number of nitrogens with zero attached hydrogens (tertiary/aromatic N) is 1. The number of Topliss-reactive ketones (excluding diaryl/α,β-unsaturated/α-hetero) is 1. The molecule has 3 N–H and O–H groups in total. The van der Waals surface area contributed by atoms with Gasteiger partial charge in [0.05, 0.1) is 5.92 Å². The van der Waals surface area contributed by atoms with E-state index in [0.717, 1.165) is 0 Å². The first kappa shape index (κ1) is 13.8. The Morgan fingerprint density at radius 1 is 1.53 bits per heavy atom. The lowest BCUT2D eigenvalue weighted by atomic mass is 9.95. The fraction of sp³-hybridized carbons (Fsp3) is 0.545. The zero-order valence-corrected chi connectivity index (χ0v) is 11.0. The van der Waals surface area contributed by atoms with Crippen LogP contribution in [0, 0.1) is 11.8 Å². The van der Waals surface area contributed by atoms with Crippen molar-refractivity contribution >= 4 is 28.2 Å². The van der Waals surface area contributed by atoms with E-state index in [0.29, 0.717) is 17.4 Å². The third-order valence-corrected chi connectivity index (χ3v) is 3.25. The molecule has 0 aliphatic heterocycles. The second kappa shape index (κ2) is 5.88. The average molecular weight is 255 g/mol. The predicted molar refractivity (Wildman–Crippen MR) is 68.1 cm³/mol. The molecule has 0 aromatic carbocycles. The van der Waals surface area contributed by atoms with E-state index in [-0.39, 0.29) is 23.5 Å². The molecule has 1 rings (SSSR count). The number of hydrogen-bond acceptors (Lipinski definition) is 5. The molecule has 1 heterocycles. The standard InChI is InChI=1S/C11H17N3O2S/c1-6(2)8(4-12)10(16)14-11-13-9(5-17-11)7(3)15/h5-6,8H,4,12H2,1-3H3,(H,13,14,16). The minimum absolute atomic E-state index is 0.110. The van der Waals surface area contributed by atoms with Crippen LogP contribution in [-0.2, 0) is 4.79 Å². The van der Waals surface area contributed by atoms with Gasteiger partial charge in [-0.15, -0.1) is 11.3 Å². The zero-order valence-electron chi connectivity index (χ0n) is 10.2. The molecule has 0 bridgehead atoms. The van der Waals surface area contributed by atoms with Crippen molar-refractivity contribution in [2.24, 2.45) is 17.6 Å². The Morgan fingerprint density at radius 3 is 2.59 bits per heavy atom. The first-order valence-electron chi connectivity index (χ1n) is 5.43. The minimum atomic E-state index is -0.236. The maximum absolute atomic E-state index is 11.9. The number of ketones is 1. The van der Waals surface area contributed by atoms with Gasteiger partial charge in [0, 0.05) is 18.8 Å². The highest BCUT2D eigenvalue weighted by Gasteiger charge is 2.21. The summed E-state index contributed by atoms with van der Waals surface area (Å²) in [7, 11) is 0. The van der Waals surface area contributed by atoms with Crippen molar-refractivity contribution in [1.82, 2.24) is 4.98 Å². The normalized spacial score (nSPS) is 12.5. The number of rotatable bonds is 5. The first-order chi connectivity index (χ1) is 7.95. The summed E-state index contributed by atoms with van der Waals surface area (Å²) in [6.45, 7) is 5.63. The molecule has 6 heteroatoms. The Hall–Kier alpha value is -1.27. The molecule has 0 radical (unpaired) electrons. The van der Waals surface area contributed by atoms with E-state index < -0.39 is 0 Å². The van der Waals surface area contributed by atoms with Gasteiger partial charge in [0.25, 0.3) is 0 Å². The number of thiazole rings is 1. The van der Waals surface area contributed by atoms with Gasteiger partial charge in [0.15, 0.2) is 10.9 Å². The van der Waals surface area contributed by atoms with E-state index in [9.17, 15) is 9.59 Å². The Bertz CT molecular complexity index is 415. The second-order valence-electron chi connectivity index (χ2n) is 4.17. The zero-order chi connectivity index (χ0) is 13.0. The van der Waals surface area contributed by atoms with E-state index in [4.69, 9.17) is 5.73 Å². The number of hydrogen-bond donors (Lipinski definition) is 2. The van der Waals surface area contributed by atoms with Crippen LogP contribution in [0.4, 0.5) is 5.13 Å². The molecular formula is C11H17N3O2S. The van der Waals surface area contributed by atoms with Crippen LogP contribution >= 0.6 is 11.3 Å². The highest BCUT2D eigenvalue weighted by molar-refractivity contribution is 7.14. The molecule has 1 aromatic heterocycles. The molecule has 5 nitrogen and oxygen atoms in total. The van der Waals surface area contributed by atoms with E-state index >= 15 is 0 Å². The third-order valence-electron chi connectivity index (χ3n) is 2.49. The summed E-state index contributed by atoms with van der Waals surface area (Å²) >= 11 is 1.24. The molecule has 17 heavy (non-hydrogen) atoms. The summed E-state index contributed by atoms with van der Waals surface area (Å²) in [5, 5.41) is 4.76. The average Bonchev–Trinajstić information content (AvgIpc) is 2.66. The van der Waals surface area contributed by atoms with Crippen molar-refractivity contribution < 1.29 is 9.59 Å². The highest BCUT2D eigenvalue weighted by Crippen LogP contribution is 2.18. The van der Waals surface area contributed by atoms with Gasteiger partial charge in [-0.05, 0) is 5.92 Å². The topological polar surface area (TPSA) is 85.1 Å².